The van der Waals surface area contributed by atoms with E-state index in [0.717, 1.165) is 34.8 Å². The summed E-state index contributed by atoms with van der Waals surface area (Å²) >= 11 is 0. The summed E-state index contributed by atoms with van der Waals surface area (Å²) in [6.07, 6.45) is 2.00. The van der Waals surface area contributed by atoms with Crippen molar-refractivity contribution in [3.8, 4) is 5.75 Å². The molecule has 4 heteroatoms. The zero-order valence-electron chi connectivity index (χ0n) is 12.8. The van der Waals surface area contributed by atoms with Gasteiger partial charge in [0.15, 0.2) is 0 Å². The molecule has 4 nitrogen and oxygen atoms in total. The third-order valence-corrected chi connectivity index (χ3v) is 3.56. The predicted molar refractivity (Wildman–Crippen MR) is 90.5 cm³/mol. The Hall–Kier alpha value is -2.75. The van der Waals surface area contributed by atoms with Gasteiger partial charge in [-0.25, -0.2) is 0 Å². The van der Waals surface area contributed by atoms with Crippen LogP contribution in [0.4, 0.5) is 5.69 Å². The van der Waals surface area contributed by atoms with Crippen molar-refractivity contribution in [1.82, 2.24) is 5.32 Å². The number of hydrogen-bond acceptors (Lipinski definition) is 4. The van der Waals surface area contributed by atoms with Crippen molar-refractivity contribution in [2.24, 2.45) is 5.10 Å². The maximum atomic E-state index is 5.32. The van der Waals surface area contributed by atoms with Crippen LogP contribution in [0.1, 0.15) is 5.56 Å². The lowest BCUT2D eigenvalue weighted by Gasteiger charge is -2.12. The van der Waals surface area contributed by atoms with Crippen molar-refractivity contribution in [2.45, 2.75) is 0 Å². The summed E-state index contributed by atoms with van der Waals surface area (Å²) in [7, 11) is 3.58. The fourth-order valence-corrected chi connectivity index (χ4v) is 2.51. The highest BCUT2D eigenvalue weighted by Crippen LogP contribution is 2.25. The summed E-state index contributed by atoms with van der Waals surface area (Å²) in [5.41, 5.74) is 4.26. The molecule has 0 unspecified atom stereocenters. The summed E-state index contributed by atoms with van der Waals surface area (Å²) in [5.74, 6) is 0.835. The van der Waals surface area contributed by atoms with Crippen LogP contribution in [0.25, 0.3) is 0 Å². The molecule has 3 rings (SSSR count). The van der Waals surface area contributed by atoms with Crippen LogP contribution in [0.2, 0.25) is 0 Å². The molecule has 0 aliphatic carbocycles. The van der Waals surface area contributed by atoms with Gasteiger partial charge in [-0.3, -0.25) is 5.01 Å². The van der Waals surface area contributed by atoms with Gasteiger partial charge < -0.3 is 10.1 Å². The van der Waals surface area contributed by atoms with E-state index >= 15 is 0 Å². The lowest BCUT2D eigenvalue weighted by molar-refractivity contribution is 0.414. The largest absolute Gasteiger partial charge is 0.497 e. The molecular weight excluding hydrogens is 274 g/mol. The van der Waals surface area contributed by atoms with E-state index in [2.05, 4.69) is 23.5 Å². The molecule has 0 amide bonds. The number of hydrazone groups is 1. The van der Waals surface area contributed by atoms with Crippen molar-refractivity contribution in [3.63, 3.8) is 0 Å². The van der Waals surface area contributed by atoms with Crippen LogP contribution >= 0.6 is 0 Å². The third-order valence-electron chi connectivity index (χ3n) is 3.56. The van der Waals surface area contributed by atoms with Crippen LogP contribution in [0.5, 0.6) is 5.75 Å². The lowest BCUT2D eigenvalue weighted by Crippen LogP contribution is -2.14. The normalized spacial score (nSPS) is 15.8. The van der Waals surface area contributed by atoms with E-state index in [1.165, 1.54) is 0 Å². The molecule has 1 heterocycles. The highest BCUT2D eigenvalue weighted by Gasteiger charge is 2.22. The van der Waals surface area contributed by atoms with Gasteiger partial charge in [0.25, 0.3) is 0 Å². The standard InChI is InChI=1S/C18H19N3O/c1-19-12-15-13-21(16-8-4-3-5-9-16)20-18(15)14-7-6-10-17(11-14)22-2/h3-12,19H,13H2,1-2H3. The predicted octanol–water partition coefficient (Wildman–Crippen LogP) is 3.02. The molecular formula is C18H19N3O. The SMILES string of the molecule is CNC=C1CN(c2ccccc2)N=C1c1cccc(OC)c1. The molecule has 0 fully saturated rings. The number of hydrogen-bond donors (Lipinski definition) is 1. The molecule has 0 aromatic heterocycles. The first-order valence-electron chi connectivity index (χ1n) is 7.24. The topological polar surface area (TPSA) is 36.9 Å². The number of ether oxygens (including phenoxy) is 1. The van der Waals surface area contributed by atoms with Gasteiger partial charge in [0.05, 0.1) is 25.1 Å². The molecule has 2 aromatic rings. The van der Waals surface area contributed by atoms with E-state index < -0.39 is 0 Å². The van der Waals surface area contributed by atoms with E-state index in [1.54, 1.807) is 7.11 Å². The van der Waals surface area contributed by atoms with E-state index in [-0.39, 0.29) is 0 Å². The Bertz CT molecular complexity index is 707. The van der Waals surface area contributed by atoms with E-state index in [1.807, 2.05) is 54.7 Å². The van der Waals surface area contributed by atoms with E-state index in [0.29, 0.717) is 0 Å². The summed E-state index contributed by atoms with van der Waals surface area (Å²) in [4.78, 5) is 0. The number of anilines is 1. The quantitative estimate of drug-likeness (QED) is 0.941. The maximum absolute atomic E-state index is 5.32. The Balaban J connectivity index is 2.00. The zero-order chi connectivity index (χ0) is 15.4. The number of para-hydroxylation sites is 1. The van der Waals surface area contributed by atoms with Gasteiger partial charge in [-0.2, -0.15) is 5.10 Å². The molecule has 0 radical (unpaired) electrons. The Kier molecular flexibility index (Phi) is 4.10. The van der Waals surface area contributed by atoms with Crippen LogP contribution in [0, 0.1) is 0 Å². The first-order chi connectivity index (χ1) is 10.8. The second-order valence-electron chi connectivity index (χ2n) is 5.03. The maximum Gasteiger partial charge on any atom is 0.119 e. The van der Waals surface area contributed by atoms with Crippen molar-refractivity contribution < 1.29 is 4.74 Å². The van der Waals surface area contributed by atoms with Gasteiger partial charge in [0, 0.05) is 24.4 Å². The van der Waals surface area contributed by atoms with Crippen LogP contribution in [-0.2, 0) is 0 Å². The van der Waals surface area contributed by atoms with Crippen LogP contribution in [0.3, 0.4) is 0 Å². The summed E-state index contributed by atoms with van der Waals surface area (Å²) in [6, 6.07) is 18.2. The molecule has 0 spiro atoms. The first kappa shape index (κ1) is 14.2. The van der Waals surface area contributed by atoms with E-state index in [4.69, 9.17) is 9.84 Å². The van der Waals surface area contributed by atoms with E-state index in [9.17, 15) is 0 Å². The Morgan fingerprint density at radius 3 is 2.68 bits per heavy atom. The molecule has 2 aromatic carbocycles. The van der Waals surface area contributed by atoms with Gasteiger partial charge in [-0.05, 0) is 24.3 Å². The second-order valence-corrected chi connectivity index (χ2v) is 5.03. The summed E-state index contributed by atoms with van der Waals surface area (Å²) in [6.45, 7) is 0.747. The van der Waals surface area contributed by atoms with Crippen LogP contribution in [-0.4, -0.2) is 26.4 Å². The monoisotopic (exact) mass is 293 g/mol. The molecule has 22 heavy (non-hydrogen) atoms. The number of nitrogens with one attached hydrogen (secondary N) is 1. The molecule has 1 N–H and O–H groups in total. The minimum Gasteiger partial charge on any atom is -0.497 e. The number of benzene rings is 2. The van der Waals surface area contributed by atoms with Crippen LogP contribution < -0.4 is 15.1 Å². The molecule has 112 valence electrons. The fourth-order valence-electron chi connectivity index (χ4n) is 2.51. The first-order valence-corrected chi connectivity index (χ1v) is 7.24. The van der Waals surface area contributed by atoms with Gasteiger partial charge in [-0.15, -0.1) is 0 Å². The minimum absolute atomic E-state index is 0.747. The number of rotatable bonds is 4. The molecule has 1 aliphatic rings. The molecule has 0 saturated heterocycles. The van der Waals surface area contributed by atoms with Crippen molar-refractivity contribution in [1.29, 1.82) is 0 Å². The van der Waals surface area contributed by atoms with Gasteiger partial charge >= 0.3 is 0 Å². The van der Waals surface area contributed by atoms with Crippen molar-refractivity contribution >= 4 is 11.4 Å². The summed E-state index contributed by atoms with van der Waals surface area (Å²) < 4.78 is 5.32. The Morgan fingerprint density at radius 2 is 1.95 bits per heavy atom. The average molecular weight is 293 g/mol. The van der Waals surface area contributed by atoms with Crippen molar-refractivity contribution in [2.75, 3.05) is 25.7 Å². The van der Waals surface area contributed by atoms with Gasteiger partial charge in [0.1, 0.15) is 5.75 Å². The summed E-state index contributed by atoms with van der Waals surface area (Å²) in [5, 5.41) is 9.91. The molecule has 0 bridgehead atoms. The molecule has 1 aliphatic heterocycles. The average Bonchev–Trinajstić information content (AvgIpc) is 3.00. The Labute approximate surface area is 130 Å². The van der Waals surface area contributed by atoms with Gasteiger partial charge in [-0.1, -0.05) is 30.3 Å². The number of methoxy groups -OCH3 is 1. The van der Waals surface area contributed by atoms with Crippen molar-refractivity contribution in [3.05, 3.63) is 71.9 Å². The Morgan fingerprint density at radius 1 is 1.14 bits per heavy atom. The van der Waals surface area contributed by atoms with Crippen LogP contribution in [0.15, 0.2) is 71.5 Å². The highest BCUT2D eigenvalue weighted by molar-refractivity contribution is 6.15. The molecule has 0 saturated carbocycles. The number of nitrogens with zero attached hydrogens (tertiary/aromatic N) is 2. The third kappa shape index (κ3) is 2.81. The minimum atomic E-state index is 0.747. The lowest BCUT2D eigenvalue weighted by atomic mass is 10.0. The van der Waals surface area contributed by atoms with Gasteiger partial charge in [0.2, 0.25) is 0 Å². The highest BCUT2D eigenvalue weighted by atomic mass is 16.5. The second kappa shape index (κ2) is 6.35. The fraction of sp³-hybridized carbons (Fsp3) is 0.167. The zero-order valence-corrected chi connectivity index (χ0v) is 12.8. The molecule has 0 atom stereocenters. The smallest absolute Gasteiger partial charge is 0.119 e.